The monoisotopic (exact) mass is 283 g/mol. The molecule has 0 saturated heterocycles. The van der Waals surface area contributed by atoms with Gasteiger partial charge in [0.25, 0.3) is 0 Å². The summed E-state index contributed by atoms with van der Waals surface area (Å²) in [5.74, 6) is -0.145. The molecule has 19 heavy (non-hydrogen) atoms. The molecular formula is C15H22FNOS. The topological polar surface area (TPSA) is 32.3 Å². The number of phenols is 1. The van der Waals surface area contributed by atoms with Crippen molar-refractivity contribution in [3.05, 3.63) is 29.6 Å². The molecule has 0 heterocycles. The maximum Gasteiger partial charge on any atom is 0.123 e. The summed E-state index contributed by atoms with van der Waals surface area (Å²) in [6.07, 6.45) is 7.23. The fourth-order valence-electron chi connectivity index (χ4n) is 2.79. The number of rotatable bonds is 5. The number of aromatic hydroxyl groups is 1. The lowest BCUT2D eigenvalue weighted by atomic mass is 10.0. The van der Waals surface area contributed by atoms with E-state index in [4.69, 9.17) is 0 Å². The minimum Gasteiger partial charge on any atom is -0.508 e. The van der Waals surface area contributed by atoms with Crippen LogP contribution in [-0.4, -0.2) is 22.7 Å². The first-order valence-electron chi connectivity index (χ1n) is 6.83. The van der Waals surface area contributed by atoms with Crippen LogP contribution in [0.5, 0.6) is 5.75 Å². The second kappa shape index (κ2) is 6.14. The molecule has 1 aromatic rings. The molecule has 106 valence electrons. The van der Waals surface area contributed by atoms with E-state index >= 15 is 0 Å². The molecule has 1 unspecified atom stereocenters. The molecule has 1 aliphatic rings. The van der Waals surface area contributed by atoms with Crippen LogP contribution in [0.15, 0.2) is 18.2 Å². The Morgan fingerprint density at radius 3 is 2.74 bits per heavy atom. The lowest BCUT2D eigenvalue weighted by Gasteiger charge is -2.29. The summed E-state index contributed by atoms with van der Waals surface area (Å²) in [5, 5.41) is 13.3. The fourth-order valence-corrected chi connectivity index (χ4v) is 3.72. The van der Waals surface area contributed by atoms with Crippen LogP contribution in [0.2, 0.25) is 0 Å². The van der Waals surface area contributed by atoms with Crippen LogP contribution in [0.25, 0.3) is 0 Å². The summed E-state index contributed by atoms with van der Waals surface area (Å²) < 4.78 is 13.6. The maximum absolute atomic E-state index is 13.2. The van der Waals surface area contributed by atoms with Crippen LogP contribution >= 0.6 is 11.8 Å². The molecule has 0 radical (unpaired) electrons. The van der Waals surface area contributed by atoms with Gasteiger partial charge in [0.2, 0.25) is 0 Å². The van der Waals surface area contributed by atoms with Crippen molar-refractivity contribution in [1.82, 2.24) is 5.32 Å². The summed E-state index contributed by atoms with van der Waals surface area (Å²) in [5.41, 5.74) is 0.634. The van der Waals surface area contributed by atoms with E-state index in [0.29, 0.717) is 10.3 Å². The number of hydrogen-bond donors (Lipinski definition) is 2. The van der Waals surface area contributed by atoms with Gasteiger partial charge in [0.05, 0.1) is 0 Å². The number of nitrogens with one attached hydrogen (secondary N) is 1. The highest BCUT2D eigenvalue weighted by molar-refractivity contribution is 8.00. The van der Waals surface area contributed by atoms with Crippen LogP contribution in [0, 0.1) is 5.82 Å². The SMILES string of the molecule is CSC1(CNC(C)c2cc(F)ccc2O)CCCC1. The lowest BCUT2D eigenvalue weighted by Crippen LogP contribution is -2.36. The third-order valence-electron chi connectivity index (χ3n) is 4.13. The highest BCUT2D eigenvalue weighted by atomic mass is 32.2. The summed E-state index contributed by atoms with van der Waals surface area (Å²) in [6.45, 7) is 2.88. The van der Waals surface area contributed by atoms with Crippen molar-refractivity contribution in [3.8, 4) is 5.75 Å². The van der Waals surface area contributed by atoms with Gasteiger partial charge in [-0.1, -0.05) is 12.8 Å². The zero-order valence-corrected chi connectivity index (χ0v) is 12.4. The van der Waals surface area contributed by atoms with Crippen molar-refractivity contribution >= 4 is 11.8 Å². The standard InChI is InChI=1S/C15H22FNOS/c1-11(13-9-12(16)5-6-14(13)18)17-10-15(19-2)7-3-4-8-15/h5-6,9,11,17-18H,3-4,7-8,10H2,1-2H3. The molecule has 2 rings (SSSR count). The second-order valence-corrected chi connectivity index (χ2v) is 6.67. The first-order valence-corrected chi connectivity index (χ1v) is 8.06. The molecule has 0 spiro atoms. The van der Waals surface area contributed by atoms with Crippen molar-refractivity contribution in [1.29, 1.82) is 0 Å². The molecule has 0 bridgehead atoms. The Labute approximate surface area is 118 Å². The lowest BCUT2D eigenvalue weighted by molar-refractivity contribution is 0.437. The van der Waals surface area contributed by atoms with Crippen molar-refractivity contribution in [2.45, 2.75) is 43.4 Å². The van der Waals surface area contributed by atoms with Crippen LogP contribution in [0.4, 0.5) is 4.39 Å². The Balaban J connectivity index is 2.00. The van der Waals surface area contributed by atoms with Gasteiger partial charge in [-0.05, 0) is 44.2 Å². The van der Waals surface area contributed by atoms with Gasteiger partial charge in [0, 0.05) is 22.9 Å². The normalized spacial score (nSPS) is 19.5. The van der Waals surface area contributed by atoms with Gasteiger partial charge in [-0.2, -0.15) is 11.8 Å². The Kier molecular flexibility index (Phi) is 4.74. The summed E-state index contributed by atoms with van der Waals surface area (Å²) in [7, 11) is 0. The van der Waals surface area contributed by atoms with E-state index < -0.39 is 0 Å². The van der Waals surface area contributed by atoms with Crippen LogP contribution in [-0.2, 0) is 0 Å². The number of hydrogen-bond acceptors (Lipinski definition) is 3. The molecule has 0 aromatic heterocycles. The Bertz CT molecular complexity index is 432. The Morgan fingerprint density at radius 2 is 2.11 bits per heavy atom. The zero-order valence-electron chi connectivity index (χ0n) is 11.6. The molecule has 0 aliphatic heterocycles. The Hall–Kier alpha value is -0.740. The van der Waals surface area contributed by atoms with Gasteiger partial charge < -0.3 is 10.4 Å². The zero-order chi connectivity index (χ0) is 13.9. The van der Waals surface area contributed by atoms with Crippen molar-refractivity contribution < 1.29 is 9.50 Å². The van der Waals surface area contributed by atoms with E-state index in [2.05, 4.69) is 11.6 Å². The number of benzene rings is 1. The maximum atomic E-state index is 13.2. The van der Waals surface area contributed by atoms with Gasteiger partial charge in [0.15, 0.2) is 0 Å². The molecule has 4 heteroatoms. The second-order valence-electron chi connectivity index (χ2n) is 5.40. The molecule has 1 aliphatic carbocycles. The molecule has 2 nitrogen and oxygen atoms in total. The molecule has 0 amide bonds. The minimum absolute atomic E-state index is 0.0414. The highest BCUT2D eigenvalue weighted by Crippen LogP contribution is 2.40. The van der Waals surface area contributed by atoms with Crippen molar-refractivity contribution in [2.24, 2.45) is 0 Å². The molecule has 2 N–H and O–H groups in total. The van der Waals surface area contributed by atoms with Gasteiger partial charge >= 0.3 is 0 Å². The quantitative estimate of drug-likeness (QED) is 0.860. The third-order valence-corrected chi connectivity index (χ3v) is 5.55. The van der Waals surface area contributed by atoms with E-state index in [0.717, 1.165) is 6.54 Å². The first-order chi connectivity index (χ1) is 9.06. The molecule has 1 saturated carbocycles. The van der Waals surface area contributed by atoms with Crippen molar-refractivity contribution in [3.63, 3.8) is 0 Å². The molecular weight excluding hydrogens is 261 g/mol. The van der Waals surface area contributed by atoms with E-state index in [1.54, 1.807) is 0 Å². The van der Waals surface area contributed by atoms with Crippen LogP contribution in [0.3, 0.4) is 0 Å². The number of phenolic OH excluding ortho intramolecular Hbond substituents is 1. The average Bonchev–Trinajstić information content (AvgIpc) is 2.88. The minimum atomic E-state index is -0.304. The van der Waals surface area contributed by atoms with Gasteiger partial charge in [-0.15, -0.1) is 0 Å². The molecule has 1 atom stereocenters. The summed E-state index contributed by atoms with van der Waals surface area (Å²) >= 11 is 1.93. The van der Waals surface area contributed by atoms with Gasteiger partial charge in [0.1, 0.15) is 11.6 Å². The smallest absolute Gasteiger partial charge is 0.123 e. The highest BCUT2D eigenvalue weighted by Gasteiger charge is 2.33. The average molecular weight is 283 g/mol. The summed E-state index contributed by atoms with van der Waals surface area (Å²) in [6, 6.07) is 4.07. The fraction of sp³-hybridized carbons (Fsp3) is 0.600. The predicted octanol–water partition coefficient (Wildman–Crippen LogP) is 3.86. The third kappa shape index (κ3) is 3.42. The van der Waals surface area contributed by atoms with Gasteiger partial charge in [-0.3, -0.25) is 0 Å². The molecule has 1 aromatic carbocycles. The van der Waals surface area contributed by atoms with Crippen LogP contribution < -0.4 is 5.32 Å². The number of thioether (sulfide) groups is 1. The van der Waals surface area contributed by atoms with E-state index in [1.165, 1.54) is 43.9 Å². The van der Waals surface area contributed by atoms with Crippen LogP contribution in [0.1, 0.15) is 44.2 Å². The van der Waals surface area contributed by atoms with Crippen molar-refractivity contribution in [2.75, 3.05) is 12.8 Å². The van der Waals surface area contributed by atoms with E-state index in [-0.39, 0.29) is 17.6 Å². The Morgan fingerprint density at radius 1 is 1.42 bits per heavy atom. The number of halogens is 1. The predicted molar refractivity (Wildman–Crippen MR) is 79.2 cm³/mol. The largest absolute Gasteiger partial charge is 0.508 e. The first kappa shape index (κ1) is 14.7. The molecule has 1 fully saturated rings. The van der Waals surface area contributed by atoms with Gasteiger partial charge in [-0.25, -0.2) is 4.39 Å². The van der Waals surface area contributed by atoms with E-state index in [9.17, 15) is 9.50 Å². The van der Waals surface area contributed by atoms with E-state index in [1.807, 2.05) is 18.7 Å². The summed E-state index contributed by atoms with van der Waals surface area (Å²) in [4.78, 5) is 0.